The molecule has 98 valence electrons. The predicted octanol–water partition coefficient (Wildman–Crippen LogP) is 2.48. The smallest absolute Gasteiger partial charge is 0.492 e. The summed E-state index contributed by atoms with van der Waals surface area (Å²) in [5.41, 5.74) is 5.14. The molecule has 0 radical (unpaired) electrons. The van der Waals surface area contributed by atoms with Gasteiger partial charge in [-0.25, -0.2) is 4.39 Å². The maximum Gasteiger partial charge on any atom is 0.573 e. The van der Waals surface area contributed by atoms with Crippen LogP contribution in [0.1, 0.15) is 0 Å². The van der Waals surface area contributed by atoms with E-state index in [9.17, 15) is 17.6 Å². The van der Waals surface area contributed by atoms with Crippen LogP contribution in [0.3, 0.4) is 0 Å². The second kappa shape index (κ2) is 6.51. The molecule has 0 aliphatic carbocycles. The minimum absolute atomic E-state index is 0. The average molecular weight is 276 g/mol. The largest absolute Gasteiger partial charge is 0.573 e. The summed E-state index contributed by atoms with van der Waals surface area (Å²) in [5.74, 6) is -1.95. The average Bonchev–Trinajstić information content (AvgIpc) is 2.17. The Kier molecular flexibility index (Phi) is 6.04. The van der Waals surface area contributed by atoms with E-state index in [0.717, 1.165) is 12.1 Å². The first-order valence-electron chi connectivity index (χ1n) is 4.30. The number of benzene rings is 1. The lowest BCUT2D eigenvalue weighted by Gasteiger charge is -2.10. The van der Waals surface area contributed by atoms with E-state index in [4.69, 9.17) is 10.5 Å². The number of alkyl halides is 3. The molecule has 3 nitrogen and oxygen atoms in total. The maximum atomic E-state index is 13.1. The van der Waals surface area contributed by atoms with E-state index < -0.39 is 17.9 Å². The minimum atomic E-state index is -4.92. The molecule has 0 heterocycles. The molecule has 0 unspecified atom stereocenters. The highest BCUT2D eigenvalue weighted by Crippen LogP contribution is 2.28. The number of hydrogen-bond acceptors (Lipinski definition) is 3. The molecule has 0 saturated carbocycles. The summed E-state index contributed by atoms with van der Waals surface area (Å²) in [6.07, 6.45) is -4.92. The van der Waals surface area contributed by atoms with Crippen LogP contribution in [0.15, 0.2) is 18.2 Å². The van der Waals surface area contributed by atoms with Crippen LogP contribution in [-0.2, 0) is 0 Å². The molecule has 0 saturated heterocycles. The first kappa shape index (κ1) is 15.8. The lowest BCUT2D eigenvalue weighted by atomic mass is 10.3. The second-order valence-electron chi connectivity index (χ2n) is 2.78. The molecule has 0 fully saturated rings. The van der Waals surface area contributed by atoms with Gasteiger partial charge in [-0.1, -0.05) is 0 Å². The Bertz CT molecular complexity index is 359. The van der Waals surface area contributed by atoms with Crippen molar-refractivity contribution in [2.75, 3.05) is 13.2 Å². The van der Waals surface area contributed by atoms with Gasteiger partial charge in [0.15, 0.2) is 11.6 Å². The van der Waals surface area contributed by atoms with E-state index in [1.165, 1.54) is 6.07 Å². The Labute approximate surface area is 101 Å². The molecule has 0 amide bonds. The minimum Gasteiger partial charge on any atom is -0.492 e. The molecular formula is C9H10ClF4NO2. The zero-order chi connectivity index (χ0) is 12.2. The second-order valence-corrected chi connectivity index (χ2v) is 2.78. The van der Waals surface area contributed by atoms with Crippen molar-refractivity contribution in [3.63, 3.8) is 0 Å². The topological polar surface area (TPSA) is 44.5 Å². The fourth-order valence-corrected chi connectivity index (χ4v) is 0.956. The van der Waals surface area contributed by atoms with Gasteiger partial charge in [-0.15, -0.1) is 25.6 Å². The molecule has 1 aromatic rings. The van der Waals surface area contributed by atoms with Gasteiger partial charge in [0.1, 0.15) is 12.4 Å². The van der Waals surface area contributed by atoms with Gasteiger partial charge in [-0.3, -0.25) is 0 Å². The van der Waals surface area contributed by atoms with Gasteiger partial charge >= 0.3 is 6.36 Å². The van der Waals surface area contributed by atoms with Crippen LogP contribution in [-0.4, -0.2) is 19.5 Å². The van der Waals surface area contributed by atoms with Crippen LogP contribution in [0, 0.1) is 5.82 Å². The van der Waals surface area contributed by atoms with Crippen LogP contribution >= 0.6 is 12.4 Å². The van der Waals surface area contributed by atoms with Gasteiger partial charge < -0.3 is 15.2 Å². The van der Waals surface area contributed by atoms with Crippen molar-refractivity contribution < 1.29 is 27.0 Å². The number of halogens is 5. The predicted molar refractivity (Wildman–Crippen MR) is 54.9 cm³/mol. The normalized spacial score (nSPS) is 10.6. The number of nitrogens with two attached hydrogens (primary N) is 1. The lowest BCUT2D eigenvalue weighted by Crippen LogP contribution is -2.18. The quantitative estimate of drug-likeness (QED) is 0.859. The van der Waals surface area contributed by atoms with E-state index in [0.29, 0.717) is 0 Å². The first-order valence-corrected chi connectivity index (χ1v) is 4.30. The van der Waals surface area contributed by atoms with E-state index in [1.807, 2.05) is 0 Å². The molecule has 1 rings (SSSR count). The summed E-state index contributed by atoms with van der Waals surface area (Å²) in [6.45, 7) is 0.376. The molecule has 0 spiro atoms. The summed E-state index contributed by atoms with van der Waals surface area (Å²) in [4.78, 5) is 0. The summed E-state index contributed by atoms with van der Waals surface area (Å²) in [7, 11) is 0. The van der Waals surface area contributed by atoms with Gasteiger partial charge in [-0.2, -0.15) is 0 Å². The molecule has 0 atom stereocenters. The Balaban J connectivity index is 0.00000256. The van der Waals surface area contributed by atoms with E-state index in [2.05, 4.69) is 4.74 Å². The summed E-state index contributed by atoms with van der Waals surface area (Å²) < 4.78 is 56.8. The molecule has 0 aliphatic rings. The van der Waals surface area contributed by atoms with Crippen molar-refractivity contribution in [3.8, 4) is 11.5 Å². The van der Waals surface area contributed by atoms with E-state index in [1.54, 1.807) is 0 Å². The highest BCUT2D eigenvalue weighted by atomic mass is 35.5. The fourth-order valence-electron chi connectivity index (χ4n) is 0.956. The Morgan fingerprint density at radius 2 is 1.88 bits per heavy atom. The van der Waals surface area contributed by atoms with Gasteiger partial charge in [0.2, 0.25) is 0 Å². The number of hydrogen-bond donors (Lipinski definition) is 1. The van der Waals surface area contributed by atoms with Crippen molar-refractivity contribution >= 4 is 12.4 Å². The van der Waals surface area contributed by atoms with E-state index >= 15 is 0 Å². The summed E-state index contributed by atoms with van der Waals surface area (Å²) in [6, 6.07) is 2.81. The van der Waals surface area contributed by atoms with Gasteiger partial charge in [0.25, 0.3) is 0 Å². The third kappa shape index (κ3) is 5.60. The molecule has 1 aromatic carbocycles. The van der Waals surface area contributed by atoms with Gasteiger partial charge in [-0.05, 0) is 12.1 Å². The zero-order valence-corrected chi connectivity index (χ0v) is 9.28. The van der Waals surface area contributed by atoms with Crippen LogP contribution in [0.5, 0.6) is 11.5 Å². The summed E-state index contributed by atoms with van der Waals surface area (Å²) in [5, 5.41) is 0. The van der Waals surface area contributed by atoms with Crippen molar-refractivity contribution in [2.24, 2.45) is 5.73 Å². The molecule has 2 N–H and O–H groups in total. The zero-order valence-electron chi connectivity index (χ0n) is 8.46. The molecule has 17 heavy (non-hydrogen) atoms. The highest BCUT2D eigenvalue weighted by Gasteiger charge is 2.32. The third-order valence-corrected chi connectivity index (χ3v) is 1.52. The highest BCUT2D eigenvalue weighted by molar-refractivity contribution is 5.85. The molecular weight excluding hydrogens is 266 g/mol. The first-order chi connectivity index (χ1) is 7.42. The SMILES string of the molecule is Cl.NCCOc1ccc(OC(F)(F)F)c(F)c1. The maximum absolute atomic E-state index is 13.1. The Morgan fingerprint density at radius 1 is 1.24 bits per heavy atom. The molecule has 0 aliphatic heterocycles. The standard InChI is InChI=1S/C9H9F4NO2.ClH/c10-7-5-6(15-4-3-14)1-2-8(7)16-9(11,12)13;/h1-2,5H,3-4,14H2;1H. The Morgan fingerprint density at radius 3 is 2.35 bits per heavy atom. The Hall–Kier alpha value is -1.21. The fraction of sp³-hybridized carbons (Fsp3) is 0.333. The number of ether oxygens (including phenoxy) is 2. The lowest BCUT2D eigenvalue weighted by molar-refractivity contribution is -0.275. The van der Waals surface area contributed by atoms with Crippen LogP contribution in [0.2, 0.25) is 0 Å². The number of rotatable bonds is 4. The third-order valence-electron chi connectivity index (χ3n) is 1.52. The molecule has 0 aromatic heterocycles. The molecule has 0 bridgehead atoms. The summed E-state index contributed by atoms with van der Waals surface area (Å²) >= 11 is 0. The van der Waals surface area contributed by atoms with Gasteiger partial charge in [0.05, 0.1) is 0 Å². The van der Waals surface area contributed by atoms with E-state index in [-0.39, 0.29) is 31.3 Å². The van der Waals surface area contributed by atoms with Crippen LogP contribution in [0.25, 0.3) is 0 Å². The monoisotopic (exact) mass is 275 g/mol. The molecule has 8 heteroatoms. The van der Waals surface area contributed by atoms with Crippen LogP contribution < -0.4 is 15.2 Å². The van der Waals surface area contributed by atoms with Gasteiger partial charge in [0, 0.05) is 12.6 Å². The van der Waals surface area contributed by atoms with Crippen molar-refractivity contribution in [2.45, 2.75) is 6.36 Å². The van der Waals surface area contributed by atoms with Crippen molar-refractivity contribution in [1.82, 2.24) is 0 Å². The van der Waals surface area contributed by atoms with Crippen molar-refractivity contribution in [3.05, 3.63) is 24.0 Å². The van der Waals surface area contributed by atoms with Crippen LogP contribution in [0.4, 0.5) is 17.6 Å². The van der Waals surface area contributed by atoms with Crippen molar-refractivity contribution in [1.29, 1.82) is 0 Å².